The largest absolute Gasteiger partial charge is 0.480 e. The van der Waals surface area contributed by atoms with Crippen molar-refractivity contribution in [3.05, 3.63) is 0 Å². The van der Waals surface area contributed by atoms with Gasteiger partial charge in [-0.3, -0.25) is 72.5 Å². The average Bonchev–Trinajstić information content (AvgIpc) is 1.58. The van der Waals surface area contributed by atoms with Gasteiger partial charge in [-0.05, 0) is 113 Å². The summed E-state index contributed by atoms with van der Waals surface area (Å²) in [5, 5.41) is 67.6. The first kappa shape index (κ1) is 91.4. The first-order chi connectivity index (χ1) is 49.5. The van der Waals surface area contributed by atoms with E-state index in [9.17, 15) is 87.2 Å². The minimum Gasteiger partial charge on any atom is -0.480 e. The first-order valence-electron chi connectivity index (χ1n) is 37.1. The van der Waals surface area contributed by atoms with Crippen molar-refractivity contribution in [3.63, 3.8) is 0 Å². The number of carbonyl (C=O) groups is 15. The Morgan fingerprint density at radius 2 is 0.802 bits per heavy atom. The highest BCUT2D eigenvalue weighted by atomic mass is 16.4. The third-order valence-electron chi connectivity index (χ3n) is 19.3. The van der Waals surface area contributed by atoms with Crippen LogP contribution >= 0.6 is 0 Å². The Bertz CT molecular complexity index is 3100. The van der Waals surface area contributed by atoms with Crippen LogP contribution < -0.4 is 75.7 Å². The van der Waals surface area contributed by atoms with Crippen LogP contribution in [-0.2, 0) is 71.9 Å². The van der Waals surface area contributed by atoms with E-state index in [2.05, 4.69) is 58.5 Å². The minimum atomic E-state index is -1.66. The third kappa shape index (κ3) is 26.9. The van der Waals surface area contributed by atoms with E-state index in [1.165, 1.54) is 11.8 Å². The monoisotopic (exact) mass is 1500 g/mol. The number of primary amides is 1. The van der Waals surface area contributed by atoms with Gasteiger partial charge in [0.15, 0.2) is 5.96 Å². The van der Waals surface area contributed by atoms with Gasteiger partial charge in [0.2, 0.25) is 82.7 Å². The second-order valence-electron chi connectivity index (χ2n) is 30.2. The van der Waals surface area contributed by atoms with Crippen LogP contribution in [0.1, 0.15) is 181 Å². The number of hydrogen-bond donors (Lipinski definition) is 18. The van der Waals surface area contributed by atoms with Crippen molar-refractivity contribution in [3.8, 4) is 0 Å². The fraction of sp³-hybridized carbons (Fsp3) is 0.771. The van der Waals surface area contributed by atoms with Crippen molar-refractivity contribution >= 4 is 94.6 Å². The summed E-state index contributed by atoms with van der Waals surface area (Å²) >= 11 is 0. The van der Waals surface area contributed by atoms with Gasteiger partial charge in [0.25, 0.3) is 0 Å². The Morgan fingerprint density at radius 1 is 0.453 bits per heavy atom. The van der Waals surface area contributed by atoms with E-state index in [1.54, 1.807) is 96.9 Å². The lowest BCUT2D eigenvalue weighted by Gasteiger charge is -2.33. The lowest BCUT2D eigenvalue weighted by Crippen LogP contribution is -2.63. The number of guanidine groups is 1. The number of nitrogens with one attached hydrogen (secondary N) is 12. The van der Waals surface area contributed by atoms with E-state index in [1.807, 2.05) is 0 Å². The molecule has 0 bridgehead atoms. The van der Waals surface area contributed by atoms with Crippen molar-refractivity contribution in [2.45, 2.75) is 272 Å². The Morgan fingerprint density at radius 3 is 1.19 bits per heavy atom. The van der Waals surface area contributed by atoms with Crippen LogP contribution in [0.3, 0.4) is 0 Å². The highest BCUT2D eigenvalue weighted by Crippen LogP contribution is 2.25. The van der Waals surface area contributed by atoms with Crippen LogP contribution in [0.2, 0.25) is 0 Å². The highest BCUT2D eigenvalue weighted by molar-refractivity contribution is 6.01. The number of carbonyl (C=O) groups excluding carboxylic acids is 14. The Hall–Kier alpha value is -8.80. The van der Waals surface area contributed by atoms with Gasteiger partial charge in [-0.15, -0.1) is 0 Å². The third-order valence-corrected chi connectivity index (χ3v) is 19.3. The van der Waals surface area contributed by atoms with Crippen molar-refractivity contribution in [2.24, 2.45) is 58.6 Å². The molecule has 36 heteroatoms. The molecule has 21 N–H and O–H groups in total. The number of likely N-dealkylation sites (tertiary alicyclic amines) is 3. The molecule has 16 atom stereocenters. The number of carboxylic acids is 1. The Labute approximate surface area is 621 Å². The summed E-state index contributed by atoms with van der Waals surface area (Å²) in [6, 6.07) is -18.4. The number of hydrogen-bond acceptors (Lipinski definition) is 19. The molecule has 0 aromatic heterocycles. The van der Waals surface area contributed by atoms with Crippen LogP contribution in [0.25, 0.3) is 0 Å². The molecule has 3 saturated heterocycles. The van der Waals surface area contributed by atoms with Crippen LogP contribution in [-0.4, -0.2) is 248 Å². The molecule has 0 aromatic carbocycles. The van der Waals surface area contributed by atoms with Gasteiger partial charge in [0.05, 0.1) is 18.8 Å². The molecule has 3 fully saturated rings. The molecule has 3 aliphatic rings. The maximum Gasteiger partial charge on any atom is 0.326 e. The standard InChI is InChI=1S/C70H122N18O18/c1-16-39(14)54(84-62(98)52(37(10)11)82-59(95)49(34(4)5)79-56(92)41(71)21-17-27-75-70(73)74)64(100)76-42(25-26-48(72)91)66(102)86-28-18-22-45(86)57(93)78-44(32-89)68(104)87-29-19-23-46(87)58(94)80-50(35(6)7)60(96)81-51(36(8)9)61(97)83-53(38(12)13)63(99)85-55(40(15)90)65(101)77-43(31-33(2)3)67(103)88-30-20-24-47(88)69(105)106/h33-47,49-55,89-90H,16-32,71H2,1-15H3,(H2,72,91)(H,76,100)(H,77,101)(H,78,93)(H,79,92)(H,80,94)(H,81,96)(H,82,95)(H,83,97)(H,84,98)(H,85,99)(H,105,106)(H4,73,74,75)/t39-,40+,41-,42-,43-,44-,45-,46-,47-,49-,50-,51-,52-,53-,54-,55-/m0/s1. The molecule has 3 heterocycles. The molecule has 0 aliphatic carbocycles. The molecular formula is C70H122N18O18. The summed E-state index contributed by atoms with van der Waals surface area (Å²) in [5.41, 5.74) is 17.0. The molecule has 106 heavy (non-hydrogen) atoms. The normalized spacial score (nSPS) is 19.6. The molecule has 600 valence electrons. The van der Waals surface area contributed by atoms with E-state index >= 15 is 0 Å². The molecule has 0 unspecified atom stereocenters. The lowest BCUT2D eigenvalue weighted by atomic mass is 9.95. The summed E-state index contributed by atoms with van der Waals surface area (Å²) in [7, 11) is 0. The maximum absolute atomic E-state index is 14.7. The fourth-order valence-corrected chi connectivity index (χ4v) is 12.9. The number of nitrogens with zero attached hydrogens (tertiary/aromatic N) is 3. The molecule has 14 amide bonds. The summed E-state index contributed by atoms with van der Waals surface area (Å²) in [4.78, 5) is 211. The van der Waals surface area contributed by atoms with Gasteiger partial charge in [0, 0.05) is 32.6 Å². The van der Waals surface area contributed by atoms with Gasteiger partial charge in [-0.1, -0.05) is 103 Å². The maximum atomic E-state index is 14.7. The number of rotatable bonds is 42. The van der Waals surface area contributed by atoms with Gasteiger partial charge >= 0.3 is 5.97 Å². The van der Waals surface area contributed by atoms with Gasteiger partial charge in [-0.25, -0.2) is 4.79 Å². The number of aliphatic hydroxyl groups is 2. The quantitative estimate of drug-likeness (QED) is 0.0160. The fourth-order valence-electron chi connectivity index (χ4n) is 12.9. The topological polar surface area (TPSA) is 561 Å². The number of nitrogens with two attached hydrogens (primary N) is 3. The summed E-state index contributed by atoms with van der Waals surface area (Å²) in [6.07, 6.45) is 0.105. The van der Waals surface area contributed by atoms with Crippen LogP contribution in [0.4, 0.5) is 0 Å². The van der Waals surface area contributed by atoms with Crippen molar-refractivity contribution in [2.75, 3.05) is 32.8 Å². The predicted octanol–water partition coefficient (Wildman–Crippen LogP) is -3.51. The second kappa shape index (κ2) is 43.1. The molecule has 36 nitrogen and oxygen atoms in total. The predicted molar refractivity (Wildman–Crippen MR) is 389 cm³/mol. The minimum absolute atomic E-state index is 0.0186. The number of aliphatic carboxylic acids is 1. The molecular weight excluding hydrogens is 1380 g/mol. The number of carboxylic acid groups (broad SMARTS) is 1. The van der Waals surface area contributed by atoms with Gasteiger partial charge < -0.3 is 106 Å². The molecule has 0 radical (unpaired) electrons. The van der Waals surface area contributed by atoms with Crippen LogP contribution in [0.5, 0.6) is 0 Å². The highest BCUT2D eigenvalue weighted by Gasteiger charge is 2.46. The van der Waals surface area contributed by atoms with Gasteiger partial charge in [0.1, 0.15) is 78.5 Å². The van der Waals surface area contributed by atoms with E-state index in [4.69, 9.17) is 22.6 Å². The zero-order valence-corrected chi connectivity index (χ0v) is 64.3. The van der Waals surface area contributed by atoms with Crippen molar-refractivity contribution < 1.29 is 87.2 Å². The number of amides is 14. The molecule has 0 spiro atoms. The molecule has 0 saturated carbocycles. The molecule has 3 rings (SSSR count). The van der Waals surface area contributed by atoms with Crippen molar-refractivity contribution in [1.82, 2.24) is 73.2 Å². The van der Waals surface area contributed by atoms with E-state index < -0.39 is 228 Å². The number of aliphatic hydroxyl groups excluding tert-OH is 2. The van der Waals surface area contributed by atoms with E-state index in [0.717, 1.165) is 9.80 Å². The SMILES string of the molecule is CC[C@H](C)[C@H](NC(=O)[C@@H](NC(=O)[C@@H](NC(=O)[C@@H](N)CCCNC(=N)N)C(C)C)C(C)C)C(=O)N[C@@H](CCC(N)=O)C(=O)N1CCC[C@H]1C(=O)N[C@@H](CO)C(=O)N1CCC[C@H]1C(=O)N[C@H](C(=O)N[C@H](C(=O)N[C@H](C(=O)N[C@H](C(=O)N[C@@H](CC(C)C)C(=O)N1CCC[C@H]1C(=O)O)[C@@H](C)O)C(C)C)C(C)C)C(C)C. The van der Waals surface area contributed by atoms with Crippen molar-refractivity contribution in [1.29, 1.82) is 5.41 Å². The molecule has 0 aromatic rings. The smallest absolute Gasteiger partial charge is 0.326 e. The second-order valence-corrected chi connectivity index (χ2v) is 30.2. The van der Waals surface area contributed by atoms with Gasteiger partial charge in [-0.2, -0.15) is 0 Å². The zero-order valence-electron chi connectivity index (χ0n) is 64.3. The Kier molecular flexibility index (Phi) is 37.2. The summed E-state index contributed by atoms with van der Waals surface area (Å²) in [6.45, 7) is 24.0. The lowest BCUT2D eigenvalue weighted by molar-refractivity contribution is -0.149. The first-order valence-corrected chi connectivity index (χ1v) is 37.1. The van der Waals surface area contributed by atoms with Crippen LogP contribution in [0.15, 0.2) is 0 Å². The summed E-state index contributed by atoms with van der Waals surface area (Å²) in [5.74, 6) is -16.4. The Balaban J connectivity index is 1.77. The molecule has 3 aliphatic heterocycles. The zero-order chi connectivity index (χ0) is 80.5. The summed E-state index contributed by atoms with van der Waals surface area (Å²) < 4.78 is 0. The average molecular weight is 1500 g/mol. The van der Waals surface area contributed by atoms with E-state index in [0.29, 0.717) is 25.8 Å². The van der Waals surface area contributed by atoms with Crippen LogP contribution in [0, 0.1) is 46.8 Å². The van der Waals surface area contributed by atoms with E-state index in [-0.39, 0.29) is 82.9 Å².